The molecular weight excluding hydrogens is 224 g/mol. The lowest BCUT2D eigenvalue weighted by molar-refractivity contribution is 0.0840. The Labute approximate surface area is 91.2 Å². The molecule has 0 aliphatic heterocycles. The molecule has 14 heavy (non-hydrogen) atoms. The van der Waals surface area contributed by atoms with Crippen molar-refractivity contribution in [2.75, 3.05) is 19.0 Å². The summed E-state index contributed by atoms with van der Waals surface area (Å²) >= 11 is 0. The molecule has 5 heteroatoms. The molecule has 0 amide bonds. The molecule has 86 valence electrons. The van der Waals surface area contributed by atoms with Crippen molar-refractivity contribution in [2.45, 2.75) is 27.2 Å². The molecule has 0 heterocycles. The summed E-state index contributed by atoms with van der Waals surface area (Å²) < 4.78 is 27.0. The van der Waals surface area contributed by atoms with Crippen LogP contribution in [0.3, 0.4) is 0 Å². The van der Waals surface area contributed by atoms with Gasteiger partial charge in [-0.05, 0) is 11.8 Å². The first-order chi connectivity index (χ1) is 6.35. The lowest BCUT2D eigenvalue weighted by Crippen LogP contribution is -2.18. The smallest absolute Gasteiger partial charge is 0.232 e. The fourth-order valence-corrected chi connectivity index (χ4v) is 2.47. The van der Waals surface area contributed by atoms with Crippen molar-refractivity contribution in [3.63, 3.8) is 0 Å². The van der Waals surface area contributed by atoms with Crippen molar-refractivity contribution < 1.29 is 13.2 Å². The van der Waals surface area contributed by atoms with Gasteiger partial charge in [-0.25, -0.2) is 8.42 Å². The van der Waals surface area contributed by atoms with Crippen LogP contribution in [-0.2, 0) is 13.8 Å². The SMILES string of the molecule is CCC(COCC(C)C)CS(=O)(=O)Cl. The summed E-state index contributed by atoms with van der Waals surface area (Å²) in [6, 6.07) is 0. The highest BCUT2D eigenvalue weighted by Gasteiger charge is 2.15. The van der Waals surface area contributed by atoms with E-state index in [-0.39, 0.29) is 11.7 Å². The second kappa shape index (κ2) is 6.64. The Morgan fingerprint density at radius 1 is 1.29 bits per heavy atom. The zero-order chi connectivity index (χ0) is 11.2. The van der Waals surface area contributed by atoms with Crippen molar-refractivity contribution in [1.82, 2.24) is 0 Å². The molecule has 0 rings (SSSR count). The summed E-state index contributed by atoms with van der Waals surface area (Å²) in [5.74, 6) is 0.486. The van der Waals surface area contributed by atoms with Gasteiger partial charge in [0, 0.05) is 17.3 Å². The minimum Gasteiger partial charge on any atom is -0.381 e. The van der Waals surface area contributed by atoms with Crippen LogP contribution in [0.5, 0.6) is 0 Å². The standard InChI is InChI=1S/C9H19ClO3S/c1-4-9(7-14(10,11)12)6-13-5-8(2)3/h8-9H,4-7H2,1-3H3. The van der Waals surface area contributed by atoms with Crippen LogP contribution in [0, 0.1) is 11.8 Å². The molecule has 0 aliphatic rings. The van der Waals surface area contributed by atoms with Gasteiger partial charge < -0.3 is 4.74 Å². The van der Waals surface area contributed by atoms with E-state index in [0.717, 1.165) is 6.42 Å². The quantitative estimate of drug-likeness (QED) is 0.644. The van der Waals surface area contributed by atoms with Gasteiger partial charge in [-0.2, -0.15) is 0 Å². The second-order valence-corrected chi connectivity index (χ2v) is 6.73. The van der Waals surface area contributed by atoms with Gasteiger partial charge in [0.25, 0.3) is 0 Å². The minimum atomic E-state index is -3.39. The van der Waals surface area contributed by atoms with Crippen molar-refractivity contribution in [3.05, 3.63) is 0 Å². The number of hydrogen-bond donors (Lipinski definition) is 0. The highest BCUT2D eigenvalue weighted by Crippen LogP contribution is 2.11. The Kier molecular flexibility index (Phi) is 6.74. The van der Waals surface area contributed by atoms with E-state index < -0.39 is 9.05 Å². The number of rotatable bonds is 7. The fourth-order valence-electron chi connectivity index (χ4n) is 1.04. The first-order valence-corrected chi connectivity index (χ1v) is 7.33. The van der Waals surface area contributed by atoms with E-state index in [1.165, 1.54) is 0 Å². The van der Waals surface area contributed by atoms with Crippen LogP contribution < -0.4 is 0 Å². The number of hydrogen-bond acceptors (Lipinski definition) is 3. The van der Waals surface area contributed by atoms with Crippen LogP contribution >= 0.6 is 10.7 Å². The Morgan fingerprint density at radius 3 is 2.21 bits per heavy atom. The monoisotopic (exact) mass is 242 g/mol. The molecule has 0 saturated carbocycles. The average molecular weight is 243 g/mol. The summed E-state index contributed by atoms with van der Waals surface area (Å²) in [6.45, 7) is 7.18. The van der Waals surface area contributed by atoms with Crippen molar-refractivity contribution in [1.29, 1.82) is 0 Å². The molecule has 0 aromatic rings. The van der Waals surface area contributed by atoms with E-state index in [1.807, 2.05) is 6.92 Å². The summed E-state index contributed by atoms with van der Waals surface area (Å²) in [6.07, 6.45) is 0.768. The Bertz CT molecular complexity index is 236. The zero-order valence-corrected chi connectivity index (χ0v) is 10.6. The maximum absolute atomic E-state index is 10.8. The third kappa shape index (κ3) is 8.78. The van der Waals surface area contributed by atoms with Gasteiger partial charge in [0.2, 0.25) is 9.05 Å². The third-order valence-corrected chi connectivity index (χ3v) is 3.06. The predicted molar refractivity (Wildman–Crippen MR) is 59.1 cm³/mol. The van der Waals surface area contributed by atoms with E-state index in [0.29, 0.717) is 19.1 Å². The highest BCUT2D eigenvalue weighted by atomic mass is 35.7. The van der Waals surface area contributed by atoms with Gasteiger partial charge in [-0.1, -0.05) is 27.2 Å². The largest absolute Gasteiger partial charge is 0.381 e. The topological polar surface area (TPSA) is 43.4 Å². The van der Waals surface area contributed by atoms with Gasteiger partial charge in [-0.3, -0.25) is 0 Å². The average Bonchev–Trinajstić information content (AvgIpc) is 1.99. The Balaban J connectivity index is 3.81. The van der Waals surface area contributed by atoms with E-state index in [4.69, 9.17) is 15.4 Å². The molecule has 0 aromatic heterocycles. The molecule has 0 spiro atoms. The fraction of sp³-hybridized carbons (Fsp3) is 1.00. The summed E-state index contributed by atoms with van der Waals surface area (Å²) in [5, 5.41) is 0. The van der Waals surface area contributed by atoms with Crippen molar-refractivity contribution in [2.24, 2.45) is 11.8 Å². The van der Waals surface area contributed by atoms with Crippen LogP contribution in [0.15, 0.2) is 0 Å². The normalized spacial score (nSPS) is 14.6. The van der Waals surface area contributed by atoms with Gasteiger partial charge in [0.15, 0.2) is 0 Å². The molecule has 0 N–H and O–H groups in total. The van der Waals surface area contributed by atoms with E-state index >= 15 is 0 Å². The minimum absolute atomic E-state index is 0.00313. The van der Waals surface area contributed by atoms with Crippen LogP contribution in [-0.4, -0.2) is 27.4 Å². The number of ether oxygens (including phenoxy) is 1. The summed E-state index contributed by atoms with van der Waals surface area (Å²) in [5.41, 5.74) is 0. The van der Waals surface area contributed by atoms with E-state index in [9.17, 15) is 8.42 Å². The molecule has 0 aromatic carbocycles. The second-order valence-electron chi connectivity index (χ2n) is 3.91. The van der Waals surface area contributed by atoms with Crippen LogP contribution in [0.25, 0.3) is 0 Å². The molecule has 1 unspecified atom stereocenters. The molecule has 0 bridgehead atoms. The lowest BCUT2D eigenvalue weighted by atomic mass is 10.1. The molecule has 0 radical (unpaired) electrons. The molecule has 0 saturated heterocycles. The lowest BCUT2D eigenvalue weighted by Gasteiger charge is -2.14. The molecular formula is C9H19ClO3S. The Morgan fingerprint density at radius 2 is 1.86 bits per heavy atom. The molecule has 0 aliphatic carbocycles. The van der Waals surface area contributed by atoms with E-state index in [1.54, 1.807) is 0 Å². The van der Waals surface area contributed by atoms with Crippen LogP contribution in [0.2, 0.25) is 0 Å². The molecule has 3 nitrogen and oxygen atoms in total. The van der Waals surface area contributed by atoms with Crippen molar-refractivity contribution >= 4 is 19.7 Å². The maximum atomic E-state index is 10.8. The predicted octanol–water partition coefficient (Wildman–Crippen LogP) is 2.25. The van der Waals surface area contributed by atoms with Gasteiger partial charge in [-0.15, -0.1) is 0 Å². The Hall–Kier alpha value is 0.200. The molecule has 0 fully saturated rings. The highest BCUT2D eigenvalue weighted by molar-refractivity contribution is 8.13. The van der Waals surface area contributed by atoms with Gasteiger partial charge in [0.1, 0.15) is 0 Å². The summed E-state index contributed by atoms with van der Waals surface area (Å²) in [4.78, 5) is 0. The maximum Gasteiger partial charge on any atom is 0.232 e. The first kappa shape index (κ1) is 14.2. The first-order valence-electron chi connectivity index (χ1n) is 4.85. The zero-order valence-electron chi connectivity index (χ0n) is 8.99. The number of halogens is 1. The van der Waals surface area contributed by atoms with Crippen LogP contribution in [0.4, 0.5) is 0 Å². The van der Waals surface area contributed by atoms with Crippen molar-refractivity contribution in [3.8, 4) is 0 Å². The van der Waals surface area contributed by atoms with E-state index in [2.05, 4.69) is 13.8 Å². The van der Waals surface area contributed by atoms with Crippen LogP contribution in [0.1, 0.15) is 27.2 Å². The van der Waals surface area contributed by atoms with Gasteiger partial charge in [0.05, 0.1) is 12.4 Å². The summed E-state index contributed by atoms with van der Waals surface area (Å²) in [7, 11) is 1.77. The third-order valence-electron chi connectivity index (χ3n) is 1.82. The van der Waals surface area contributed by atoms with Gasteiger partial charge >= 0.3 is 0 Å². The molecule has 1 atom stereocenters.